The molecular formula is C51H78N14O13. The second kappa shape index (κ2) is 32.0. The number of aliphatic hydroxyl groups excluding tert-OH is 1. The zero-order chi connectivity index (χ0) is 58.2. The second-order valence-corrected chi connectivity index (χ2v) is 19.6. The lowest BCUT2D eigenvalue weighted by molar-refractivity contribution is -0.139. The van der Waals surface area contributed by atoms with Crippen LogP contribution in [0, 0.1) is 23.7 Å². The van der Waals surface area contributed by atoms with Crippen molar-refractivity contribution in [1.29, 1.82) is 0 Å². The highest BCUT2D eigenvalue weighted by Crippen LogP contribution is 2.16. The van der Waals surface area contributed by atoms with E-state index in [4.69, 9.17) is 10.8 Å². The summed E-state index contributed by atoms with van der Waals surface area (Å²) in [6, 6.07) is -4.50. The quantitative estimate of drug-likeness (QED) is 0.0305. The molecule has 0 saturated carbocycles. The minimum absolute atomic E-state index is 0.0134. The first-order valence-corrected chi connectivity index (χ1v) is 25.9. The van der Waals surface area contributed by atoms with Crippen molar-refractivity contribution in [3.05, 3.63) is 66.3 Å². The molecule has 16 N–H and O–H groups in total. The van der Waals surface area contributed by atoms with Crippen LogP contribution in [0.5, 0.6) is 5.75 Å². The number of aliphatic hydroxyl groups is 1. The van der Waals surface area contributed by atoms with Crippen molar-refractivity contribution in [2.24, 2.45) is 29.4 Å². The van der Waals surface area contributed by atoms with E-state index < -0.39 is 145 Å². The molecule has 27 nitrogen and oxygen atoms in total. The van der Waals surface area contributed by atoms with Gasteiger partial charge in [-0.3, -0.25) is 47.9 Å². The van der Waals surface area contributed by atoms with Crippen LogP contribution >= 0.6 is 0 Å². The number of carboxylic acid groups (broad SMARTS) is 1. The number of aromatic amines is 2. The number of carboxylic acids is 1. The summed E-state index contributed by atoms with van der Waals surface area (Å²) in [4.78, 5) is 148. The molecule has 78 heavy (non-hydrogen) atoms. The van der Waals surface area contributed by atoms with Crippen LogP contribution in [0.3, 0.4) is 0 Å². The average Bonchev–Trinajstić information content (AvgIpc) is 4.15. The molecule has 0 aliphatic rings. The molecule has 0 aliphatic carbocycles. The Morgan fingerprint density at radius 1 is 0.526 bits per heavy atom. The zero-order valence-electron chi connectivity index (χ0n) is 45.3. The van der Waals surface area contributed by atoms with Gasteiger partial charge in [-0.15, -0.1) is 0 Å². The Kier molecular flexibility index (Phi) is 26.4. The van der Waals surface area contributed by atoms with Crippen LogP contribution in [0.25, 0.3) is 0 Å². The number of aromatic hydroxyl groups is 1. The summed E-state index contributed by atoms with van der Waals surface area (Å²) in [5.41, 5.74) is 7.54. The Bertz CT molecular complexity index is 2460. The lowest BCUT2D eigenvalue weighted by atomic mass is 9.94. The number of carbonyl (C=O) groups is 10. The average molecular weight is 1100 g/mol. The maximum absolute atomic E-state index is 14.4. The van der Waals surface area contributed by atoms with Crippen molar-refractivity contribution in [3.8, 4) is 5.75 Å². The summed E-state index contributed by atoms with van der Waals surface area (Å²) in [6.45, 7) is 11.4. The molecule has 430 valence electrons. The van der Waals surface area contributed by atoms with Gasteiger partial charge in [-0.1, -0.05) is 86.8 Å². The summed E-state index contributed by atoms with van der Waals surface area (Å²) in [7, 11) is 0. The number of phenolic OH excluding ortho intramolecular Hbond substituents is 1. The predicted molar refractivity (Wildman–Crippen MR) is 282 cm³/mol. The monoisotopic (exact) mass is 1090 g/mol. The largest absolute Gasteiger partial charge is 0.508 e. The van der Waals surface area contributed by atoms with Crippen LogP contribution in [0.2, 0.25) is 0 Å². The van der Waals surface area contributed by atoms with E-state index in [0.29, 0.717) is 36.2 Å². The van der Waals surface area contributed by atoms with Gasteiger partial charge in [-0.05, 0) is 41.4 Å². The molecule has 0 fully saturated rings. The topological polar surface area (TPSA) is 423 Å². The van der Waals surface area contributed by atoms with Crippen LogP contribution in [0.15, 0.2) is 49.3 Å². The van der Waals surface area contributed by atoms with Crippen molar-refractivity contribution in [2.45, 2.75) is 142 Å². The first-order valence-electron chi connectivity index (χ1n) is 25.9. The molecule has 1 aromatic carbocycles. The van der Waals surface area contributed by atoms with Gasteiger partial charge in [0.25, 0.3) is 0 Å². The normalized spacial score (nSPS) is 15.4. The number of amides is 9. The molecule has 0 spiro atoms. The van der Waals surface area contributed by atoms with Crippen LogP contribution in [0.1, 0.15) is 91.6 Å². The molecular weight excluding hydrogens is 1020 g/mol. The summed E-state index contributed by atoms with van der Waals surface area (Å²) in [5.74, 6) is -10.6. The Morgan fingerprint density at radius 3 is 1.45 bits per heavy atom. The lowest BCUT2D eigenvalue weighted by Crippen LogP contribution is -2.62. The van der Waals surface area contributed by atoms with E-state index in [9.17, 15) is 58.2 Å². The number of nitrogens with zero attached hydrogens (tertiary/aromatic N) is 2. The molecule has 9 amide bonds. The van der Waals surface area contributed by atoms with E-state index >= 15 is 0 Å². The fourth-order valence-corrected chi connectivity index (χ4v) is 7.73. The number of hydrogen-bond donors (Lipinski definition) is 15. The number of nitrogens with two attached hydrogens (primary N) is 1. The molecule has 0 saturated heterocycles. The highest BCUT2D eigenvalue weighted by atomic mass is 16.4. The lowest BCUT2D eigenvalue weighted by Gasteiger charge is -2.31. The molecule has 3 rings (SSSR count). The molecule has 0 unspecified atom stereocenters. The Hall–Kier alpha value is -7.94. The van der Waals surface area contributed by atoms with Crippen molar-refractivity contribution in [3.63, 3.8) is 0 Å². The number of aliphatic carboxylic acids is 1. The highest BCUT2D eigenvalue weighted by Gasteiger charge is 2.37. The third-order valence-electron chi connectivity index (χ3n) is 13.3. The van der Waals surface area contributed by atoms with Crippen LogP contribution in [-0.4, -0.2) is 162 Å². The second-order valence-electron chi connectivity index (χ2n) is 19.6. The van der Waals surface area contributed by atoms with Crippen LogP contribution < -0.4 is 53.6 Å². The number of imidazole rings is 2. The predicted octanol–water partition coefficient (Wildman–Crippen LogP) is -2.31. The highest BCUT2D eigenvalue weighted by molar-refractivity contribution is 5.98. The SMILES string of the molecule is CC[C@H](C)[C@H](N)C(=O)N[C@@H](Cc1ccc(O)cc1)C(=O)NCC(=O)N[C@@H](Cc1cnc[nH]1)C(=O)N[C@@H](Cc1cnc[nH]1)C(=O)N[C@H](C(=O)N[C@H](C(=O)N[C@@H](CO)C(=O)N[C@H](C(=O)NCC(=O)O)C(C)C)[C@@H](C)CC)[C@@H](C)CC. The first kappa shape index (κ1) is 64.3. The number of benzene rings is 1. The van der Waals surface area contributed by atoms with E-state index in [2.05, 4.69) is 67.8 Å². The van der Waals surface area contributed by atoms with Gasteiger partial charge < -0.3 is 78.9 Å². The first-order chi connectivity index (χ1) is 36.9. The number of aromatic nitrogens is 4. The van der Waals surface area contributed by atoms with Gasteiger partial charge in [0.1, 0.15) is 54.6 Å². The smallest absolute Gasteiger partial charge is 0.322 e. The molecule has 2 heterocycles. The van der Waals surface area contributed by atoms with Crippen LogP contribution in [0.4, 0.5) is 0 Å². The third-order valence-corrected chi connectivity index (χ3v) is 13.3. The number of rotatable bonds is 33. The van der Waals surface area contributed by atoms with Crippen molar-refractivity contribution in [2.75, 3.05) is 19.7 Å². The van der Waals surface area contributed by atoms with Gasteiger partial charge in [0.2, 0.25) is 53.2 Å². The number of phenols is 1. The minimum atomic E-state index is -1.61. The minimum Gasteiger partial charge on any atom is -0.508 e. The maximum Gasteiger partial charge on any atom is 0.322 e. The number of H-pyrrole nitrogens is 2. The van der Waals surface area contributed by atoms with E-state index in [-0.39, 0.29) is 30.9 Å². The van der Waals surface area contributed by atoms with Gasteiger partial charge in [0, 0.05) is 43.0 Å². The van der Waals surface area contributed by atoms with E-state index in [0.717, 1.165) is 0 Å². The molecule has 2 aromatic heterocycles. The molecule has 11 atom stereocenters. The number of hydrogen-bond acceptors (Lipinski definition) is 15. The molecule has 0 bridgehead atoms. The van der Waals surface area contributed by atoms with E-state index in [1.807, 2.05) is 6.92 Å². The fraction of sp³-hybridized carbons (Fsp3) is 0.569. The maximum atomic E-state index is 14.4. The fourth-order valence-electron chi connectivity index (χ4n) is 7.73. The summed E-state index contributed by atoms with van der Waals surface area (Å²) < 4.78 is 0. The number of carbonyl (C=O) groups excluding carboxylic acids is 9. The Balaban J connectivity index is 1.85. The molecule has 0 radical (unpaired) electrons. The van der Waals surface area contributed by atoms with Gasteiger partial charge in [-0.2, -0.15) is 0 Å². The third kappa shape index (κ3) is 20.5. The Morgan fingerprint density at radius 2 is 0.962 bits per heavy atom. The molecule has 27 heteroatoms. The summed E-state index contributed by atoms with van der Waals surface area (Å²) in [6.07, 6.45) is 6.41. The Labute approximate surface area is 452 Å². The van der Waals surface area contributed by atoms with Gasteiger partial charge in [0.15, 0.2) is 0 Å². The summed E-state index contributed by atoms with van der Waals surface area (Å²) >= 11 is 0. The van der Waals surface area contributed by atoms with Gasteiger partial charge >= 0.3 is 5.97 Å². The van der Waals surface area contributed by atoms with Gasteiger partial charge in [0.05, 0.1) is 31.8 Å². The summed E-state index contributed by atoms with van der Waals surface area (Å²) in [5, 5.41) is 51.9. The van der Waals surface area contributed by atoms with Crippen molar-refractivity contribution in [1.82, 2.24) is 67.8 Å². The molecule has 3 aromatic rings. The standard InChI is InChI=1S/C51H78N14O13/c1-9-27(6)40(52)48(75)61-34(16-30-12-14-33(67)15-13-30)44(71)55-21-38(68)59-35(17-31-19-53-24-57-31)45(72)60-36(18-32-20-54-25-58-32)46(73)64-43(29(8)11-3)51(78)65-42(28(7)10-2)50(77)62-37(23-66)47(74)63-41(26(4)5)49(76)56-22-39(69)70/h12-15,19-20,24-29,34-37,40-43,66-67H,9-11,16-18,21-23,52H2,1-8H3,(H,53,57)(H,54,58)(H,55,71)(H,56,76)(H,59,68)(H,60,72)(H,61,75)(H,62,77)(H,63,74)(H,64,73)(H,65,78)(H,69,70)/t27-,28-,29-,34-,35-,36-,37-,40-,41-,42-,43-/m0/s1. The van der Waals surface area contributed by atoms with Crippen molar-refractivity contribution < 1.29 is 63.3 Å². The molecule has 0 aliphatic heterocycles. The zero-order valence-corrected chi connectivity index (χ0v) is 45.3. The van der Waals surface area contributed by atoms with Crippen molar-refractivity contribution >= 4 is 59.1 Å². The van der Waals surface area contributed by atoms with Gasteiger partial charge in [-0.25, -0.2) is 9.97 Å². The van der Waals surface area contributed by atoms with Crippen LogP contribution in [-0.2, 0) is 67.2 Å². The number of nitrogens with one attached hydrogen (secondary N) is 11. The van der Waals surface area contributed by atoms with E-state index in [1.54, 1.807) is 60.6 Å². The van der Waals surface area contributed by atoms with E-state index in [1.165, 1.54) is 37.2 Å².